The Bertz CT molecular complexity index is 620. The molecule has 0 aromatic carbocycles. The van der Waals surface area contributed by atoms with E-state index < -0.39 is 17.4 Å². The Hall–Kier alpha value is 0.640. The normalized spacial score (nSPS) is 24.1. The van der Waals surface area contributed by atoms with Crippen LogP contribution in [0.15, 0.2) is 42.0 Å². The molecule has 0 saturated carbocycles. The van der Waals surface area contributed by atoms with Gasteiger partial charge in [-0.1, -0.05) is 0 Å². The van der Waals surface area contributed by atoms with E-state index in [4.69, 9.17) is 0 Å². The Morgan fingerprint density at radius 3 is 1.29 bits per heavy atom. The van der Waals surface area contributed by atoms with Crippen LogP contribution in [-0.4, -0.2) is 6.88 Å². The minimum absolute atomic E-state index is 0. The summed E-state index contributed by atoms with van der Waals surface area (Å²) in [5.74, 6) is 2.56. The van der Waals surface area contributed by atoms with Crippen LogP contribution < -0.4 is 0 Å². The van der Waals surface area contributed by atoms with Crippen LogP contribution in [0.2, 0.25) is 9.26 Å². The zero-order valence-electron chi connectivity index (χ0n) is 16.6. The molecule has 138 valence electrons. The summed E-state index contributed by atoms with van der Waals surface area (Å²) in [5.41, 5.74) is 3.11. The molecule has 2 aliphatic rings. The van der Waals surface area contributed by atoms with Crippen molar-refractivity contribution in [3.63, 3.8) is 0 Å². The van der Waals surface area contributed by atoms with E-state index in [-0.39, 0.29) is 24.8 Å². The standard InChI is InChI=1S/2C9H13.2CH3.2ClH.H2Si.Zr/c2*1-7(2)9-5-4-8(3)6-9;;;;;;/h2*5-8H,1-3H3;2*1H3;2*1H;1H2;. The minimum Gasteiger partial charge on any atom is -0.147 e. The van der Waals surface area contributed by atoms with Crippen molar-refractivity contribution in [1.29, 1.82) is 0 Å². The third kappa shape index (κ3) is 4.48. The Balaban J connectivity index is 0.00000264. The fourth-order valence-corrected chi connectivity index (χ4v) is 20.8. The van der Waals surface area contributed by atoms with E-state index in [2.05, 4.69) is 82.0 Å². The Labute approximate surface area is 164 Å². The van der Waals surface area contributed by atoms with Crippen LogP contribution in [0.1, 0.15) is 41.5 Å². The van der Waals surface area contributed by atoms with Crippen molar-refractivity contribution in [2.75, 3.05) is 0 Å². The molecule has 0 N–H and O–H groups in total. The van der Waals surface area contributed by atoms with Gasteiger partial charge >= 0.3 is 141 Å². The zero-order chi connectivity index (χ0) is 16.9. The largest absolute Gasteiger partial charge is 0.147 e. The van der Waals surface area contributed by atoms with Gasteiger partial charge in [-0.15, -0.1) is 24.8 Å². The number of rotatable bonds is 4. The molecule has 0 aromatic heterocycles. The van der Waals surface area contributed by atoms with E-state index in [0.29, 0.717) is 23.7 Å². The molecule has 2 aliphatic carbocycles. The molecule has 0 saturated heterocycles. The van der Waals surface area contributed by atoms with Crippen LogP contribution in [0.5, 0.6) is 0 Å². The van der Waals surface area contributed by atoms with E-state index in [0.717, 1.165) is 0 Å². The molecule has 0 fully saturated rings. The summed E-state index contributed by atoms with van der Waals surface area (Å²) in [6, 6.07) is 0. The molecular formula is C20H36Cl2SiZr. The fraction of sp³-hybridized carbons (Fsp3) is 0.600. The molecule has 4 heteroatoms. The van der Waals surface area contributed by atoms with Crippen molar-refractivity contribution in [3.05, 3.63) is 42.0 Å². The van der Waals surface area contributed by atoms with E-state index in [1.54, 1.807) is 17.7 Å². The second-order valence-corrected chi connectivity index (χ2v) is 37.7. The molecule has 2 unspecified atom stereocenters. The summed E-state index contributed by atoms with van der Waals surface area (Å²) in [4.78, 5) is 0. The summed E-state index contributed by atoms with van der Waals surface area (Å²) in [6.07, 6.45) is 10.2. The van der Waals surface area contributed by atoms with Crippen molar-refractivity contribution in [1.82, 2.24) is 0 Å². The SMILES string of the molecule is CC(C)C1=CC(C)[C]([Zr]([CH3])([CH3])(=[SiH2])[C]2=CC(C(C)C)=CC2C)=C1.Cl.Cl. The van der Waals surface area contributed by atoms with Crippen LogP contribution in [0.25, 0.3) is 0 Å². The van der Waals surface area contributed by atoms with Gasteiger partial charge in [0.1, 0.15) is 0 Å². The average molecular weight is 467 g/mol. The molecule has 2 atom stereocenters. The van der Waals surface area contributed by atoms with E-state index in [1.807, 2.05) is 0 Å². The van der Waals surface area contributed by atoms with Crippen LogP contribution >= 0.6 is 24.8 Å². The Kier molecular flexibility index (Phi) is 8.33. The summed E-state index contributed by atoms with van der Waals surface area (Å²) in [7, 11) is 0. The van der Waals surface area contributed by atoms with Crippen LogP contribution in [-0.2, 0) is 17.4 Å². The number of hydrogen-bond acceptors (Lipinski definition) is 0. The van der Waals surface area contributed by atoms with Gasteiger partial charge in [0, 0.05) is 0 Å². The average Bonchev–Trinajstić information content (AvgIpc) is 2.93. The quantitative estimate of drug-likeness (QED) is 0.421. The van der Waals surface area contributed by atoms with E-state index >= 15 is 0 Å². The van der Waals surface area contributed by atoms with Crippen molar-refractivity contribution in [2.24, 2.45) is 23.7 Å². The summed E-state index contributed by atoms with van der Waals surface area (Å²) in [5, 5.41) is 0. The van der Waals surface area contributed by atoms with Gasteiger partial charge in [-0.3, -0.25) is 0 Å². The molecule has 0 amide bonds. The van der Waals surface area contributed by atoms with E-state index in [1.165, 1.54) is 0 Å². The predicted octanol–water partition coefficient (Wildman–Crippen LogP) is 6.40. The monoisotopic (exact) mass is 464 g/mol. The van der Waals surface area contributed by atoms with Gasteiger partial charge in [0.25, 0.3) is 0 Å². The maximum atomic E-state index is 2.65. The topological polar surface area (TPSA) is 0 Å². The molecule has 0 heterocycles. The predicted molar refractivity (Wildman–Crippen MR) is 115 cm³/mol. The maximum absolute atomic E-state index is 3.01. The van der Waals surface area contributed by atoms with Crippen molar-refractivity contribution >= 4 is 31.7 Å². The van der Waals surface area contributed by atoms with Crippen molar-refractivity contribution < 1.29 is 17.4 Å². The first-order valence-corrected chi connectivity index (χ1v) is 22.2. The molecule has 0 nitrogen and oxygen atoms in total. The van der Waals surface area contributed by atoms with Gasteiger partial charge in [0.05, 0.1) is 0 Å². The van der Waals surface area contributed by atoms with Gasteiger partial charge in [0.2, 0.25) is 0 Å². The molecule has 0 aromatic rings. The first kappa shape index (κ1) is 24.6. The molecule has 0 radical (unpaired) electrons. The second-order valence-electron chi connectivity index (χ2n) is 9.11. The van der Waals surface area contributed by atoms with Crippen molar-refractivity contribution in [3.8, 4) is 0 Å². The summed E-state index contributed by atoms with van der Waals surface area (Å²) >= 11 is -3.01. The minimum atomic E-state index is -3.01. The molecular weight excluding hydrogens is 430 g/mol. The number of halogens is 2. The third-order valence-corrected chi connectivity index (χ3v) is 22.6. The van der Waals surface area contributed by atoms with Crippen LogP contribution in [0.3, 0.4) is 0 Å². The molecule has 2 rings (SSSR count). The molecule has 0 aliphatic heterocycles. The summed E-state index contributed by atoms with van der Waals surface area (Å²) < 4.78 is 8.89. The van der Waals surface area contributed by atoms with Gasteiger partial charge in [-0.05, 0) is 0 Å². The Morgan fingerprint density at radius 1 is 0.792 bits per heavy atom. The third-order valence-electron chi connectivity index (χ3n) is 5.70. The molecule has 0 bridgehead atoms. The Morgan fingerprint density at radius 2 is 1.08 bits per heavy atom. The van der Waals surface area contributed by atoms with Gasteiger partial charge in [-0.25, -0.2) is 0 Å². The fourth-order valence-electron chi connectivity index (χ4n) is 4.28. The zero-order valence-corrected chi connectivity index (χ0v) is 22.1. The van der Waals surface area contributed by atoms with Crippen LogP contribution in [0.4, 0.5) is 0 Å². The van der Waals surface area contributed by atoms with E-state index in [9.17, 15) is 0 Å². The molecule has 24 heavy (non-hydrogen) atoms. The van der Waals surface area contributed by atoms with Crippen LogP contribution in [0, 0.1) is 23.7 Å². The summed E-state index contributed by atoms with van der Waals surface area (Å²) in [6.45, 7) is 16.5. The van der Waals surface area contributed by atoms with Gasteiger partial charge in [0.15, 0.2) is 0 Å². The second kappa shape index (κ2) is 8.12. The first-order chi connectivity index (χ1) is 9.92. The number of allylic oxidation sites excluding steroid dienone is 8. The van der Waals surface area contributed by atoms with Gasteiger partial charge in [-0.2, -0.15) is 0 Å². The first-order valence-electron chi connectivity index (χ1n) is 8.87. The number of hydrogen-bond donors (Lipinski definition) is 0. The smallest absolute Gasteiger partial charge is 0.147 e. The molecule has 0 spiro atoms. The van der Waals surface area contributed by atoms with Gasteiger partial charge < -0.3 is 0 Å². The maximum Gasteiger partial charge on any atom is -0.147 e. The van der Waals surface area contributed by atoms with Crippen molar-refractivity contribution in [2.45, 2.75) is 50.8 Å².